The first kappa shape index (κ1) is 7.15. The zero-order chi connectivity index (χ0) is 6.85. The Morgan fingerprint density at radius 3 is 2.00 bits per heavy atom. The molecule has 1 aromatic rings. The Labute approximate surface area is 68.6 Å². The Morgan fingerprint density at radius 2 is 1.67 bits per heavy atom. The van der Waals surface area contributed by atoms with Gasteiger partial charge < -0.3 is 0 Å². The van der Waals surface area contributed by atoms with Crippen molar-refractivity contribution in [1.29, 1.82) is 0 Å². The quantitative estimate of drug-likeness (QED) is 0.694. The first-order chi connectivity index (χ1) is 4.22. The van der Waals surface area contributed by atoms with Crippen LogP contribution in [0.5, 0.6) is 0 Å². The van der Waals surface area contributed by atoms with E-state index in [1.807, 2.05) is 0 Å². The van der Waals surface area contributed by atoms with Gasteiger partial charge in [0.2, 0.25) is 0 Å². The van der Waals surface area contributed by atoms with Gasteiger partial charge in [0.05, 0.1) is 8.95 Å². The third-order valence-electron chi connectivity index (χ3n) is 0.795. The summed E-state index contributed by atoms with van der Waals surface area (Å²) in [6.07, 6.45) is 2.81. The summed E-state index contributed by atoms with van der Waals surface area (Å²) in [5.41, 5.74) is 0. The highest BCUT2D eigenvalue weighted by Gasteiger charge is 2.01. The van der Waals surface area contributed by atoms with E-state index < -0.39 is 0 Å². The number of pyridine rings is 1. The van der Waals surface area contributed by atoms with E-state index in [4.69, 9.17) is 0 Å². The summed E-state index contributed by atoms with van der Waals surface area (Å²) in [7, 11) is 0. The summed E-state index contributed by atoms with van der Waals surface area (Å²) < 4.78 is 13.3. The highest BCUT2D eigenvalue weighted by Crippen LogP contribution is 2.20. The molecule has 0 N–H and O–H groups in total. The van der Waals surface area contributed by atoms with E-state index in [2.05, 4.69) is 36.8 Å². The molecule has 0 unspecified atom stereocenters. The summed E-state index contributed by atoms with van der Waals surface area (Å²) >= 11 is 5.96. The molecule has 0 radical (unpaired) electrons. The van der Waals surface area contributed by atoms with Gasteiger partial charge in [-0.25, -0.2) is 4.39 Å². The van der Waals surface area contributed by atoms with Crippen LogP contribution in [0, 0.1) is 5.82 Å². The third-order valence-corrected chi connectivity index (χ3v) is 1.90. The smallest absolute Gasteiger partial charge is 0.154 e. The SMILES string of the molecule is Fc1c(Br)cncc1Br. The van der Waals surface area contributed by atoms with E-state index in [9.17, 15) is 4.39 Å². The minimum absolute atomic E-state index is 0.315. The molecule has 0 bridgehead atoms. The maximum Gasteiger partial charge on any atom is 0.154 e. The van der Waals surface area contributed by atoms with Crippen molar-refractivity contribution in [1.82, 2.24) is 4.98 Å². The molecule has 1 heterocycles. The van der Waals surface area contributed by atoms with Gasteiger partial charge in [-0.15, -0.1) is 0 Å². The van der Waals surface area contributed by atoms with Crippen LogP contribution in [0.3, 0.4) is 0 Å². The van der Waals surface area contributed by atoms with Crippen LogP contribution in [-0.2, 0) is 0 Å². The molecule has 48 valence electrons. The molecule has 0 amide bonds. The Morgan fingerprint density at radius 1 is 1.22 bits per heavy atom. The van der Waals surface area contributed by atoms with Crippen molar-refractivity contribution in [2.45, 2.75) is 0 Å². The maximum atomic E-state index is 12.6. The van der Waals surface area contributed by atoms with Crippen LogP contribution in [-0.4, -0.2) is 4.98 Å². The van der Waals surface area contributed by atoms with Gasteiger partial charge in [0.25, 0.3) is 0 Å². The molecule has 0 fully saturated rings. The van der Waals surface area contributed by atoms with Crippen molar-refractivity contribution in [3.63, 3.8) is 0 Å². The molecule has 1 aromatic heterocycles. The number of rotatable bonds is 0. The fraction of sp³-hybridized carbons (Fsp3) is 0. The lowest BCUT2D eigenvalue weighted by Gasteiger charge is -1.92. The summed E-state index contributed by atoms with van der Waals surface area (Å²) in [5, 5.41) is 0. The lowest BCUT2D eigenvalue weighted by atomic mass is 10.5. The van der Waals surface area contributed by atoms with Gasteiger partial charge in [-0.2, -0.15) is 0 Å². The Balaban J connectivity index is 3.25. The average Bonchev–Trinajstić information content (AvgIpc) is 1.83. The predicted octanol–water partition coefficient (Wildman–Crippen LogP) is 2.75. The molecular formula is C5H2Br2FN. The van der Waals surface area contributed by atoms with Gasteiger partial charge in [-0.1, -0.05) is 0 Å². The van der Waals surface area contributed by atoms with Crippen LogP contribution in [0.4, 0.5) is 4.39 Å². The van der Waals surface area contributed by atoms with E-state index in [-0.39, 0.29) is 5.82 Å². The predicted molar refractivity (Wildman–Crippen MR) is 39.6 cm³/mol. The van der Waals surface area contributed by atoms with E-state index >= 15 is 0 Å². The van der Waals surface area contributed by atoms with Crippen molar-refractivity contribution in [3.05, 3.63) is 27.2 Å². The molecule has 1 rings (SSSR count). The zero-order valence-electron chi connectivity index (χ0n) is 4.24. The largest absolute Gasteiger partial charge is 0.262 e. The monoisotopic (exact) mass is 253 g/mol. The molecule has 0 aliphatic heterocycles. The molecule has 0 atom stereocenters. The Hall–Kier alpha value is 0.0400. The van der Waals surface area contributed by atoms with Gasteiger partial charge in [0, 0.05) is 12.4 Å². The molecule has 0 aliphatic carbocycles. The second-order valence-corrected chi connectivity index (χ2v) is 3.13. The van der Waals surface area contributed by atoms with E-state index in [0.29, 0.717) is 8.95 Å². The van der Waals surface area contributed by atoms with Crippen molar-refractivity contribution in [2.75, 3.05) is 0 Å². The number of nitrogens with zero attached hydrogens (tertiary/aromatic N) is 1. The van der Waals surface area contributed by atoms with Crippen LogP contribution in [0.2, 0.25) is 0 Å². The Kier molecular flexibility index (Phi) is 2.18. The number of aromatic nitrogens is 1. The minimum Gasteiger partial charge on any atom is -0.262 e. The van der Waals surface area contributed by atoms with Gasteiger partial charge in [-0.05, 0) is 31.9 Å². The van der Waals surface area contributed by atoms with Gasteiger partial charge >= 0.3 is 0 Å². The van der Waals surface area contributed by atoms with E-state index in [1.165, 1.54) is 12.4 Å². The topological polar surface area (TPSA) is 12.9 Å². The molecule has 0 spiro atoms. The third kappa shape index (κ3) is 1.49. The minimum atomic E-state index is -0.315. The first-order valence-corrected chi connectivity index (χ1v) is 3.75. The van der Waals surface area contributed by atoms with Crippen LogP contribution < -0.4 is 0 Å². The van der Waals surface area contributed by atoms with E-state index in [0.717, 1.165) is 0 Å². The molecule has 0 saturated carbocycles. The van der Waals surface area contributed by atoms with Crippen LogP contribution in [0.1, 0.15) is 0 Å². The van der Waals surface area contributed by atoms with Crippen molar-refractivity contribution >= 4 is 31.9 Å². The van der Waals surface area contributed by atoms with Crippen molar-refractivity contribution < 1.29 is 4.39 Å². The van der Waals surface area contributed by atoms with Gasteiger partial charge in [0.15, 0.2) is 5.82 Å². The second-order valence-electron chi connectivity index (χ2n) is 1.42. The number of hydrogen-bond donors (Lipinski definition) is 0. The van der Waals surface area contributed by atoms with E-state index in [1.54, 1.807) is 0 Å². The van der Waals surface area contributed by atoms with Crippen molar-refractivity contribution in [2.24, 2.45) is 0 Å². The molecule has 1 nitrogen and oxygen atoms in total. The second kappa shape index (κ2) is 2.75. The molecule has 0 aliphatic rings. The summed E-state index contributed by atoms with van der Waals surface area (Å²) in [6, 6.07) is 0. The average molecular weight is 255 g/mol. The Bertz CT molecular complexity index is 206. The molecule has 4 heteroatoms. The zero-order valence-corrected chi connectivity index (χ0v) is 7.41. The van der Waals surface area contributed by atoms with Crippen LogP contribution in [0.25, 0.3) is 0 Å². The van der Waals surface area contributed by atoms with Crippen LogP contribution >= 0.6 is 31.9 Å². The van der Waals surface area contributed by atoms with Gasteiger partial charge in [0.1, 0.15) is 0 Å². The first-order valence-electron chi connectivity index (χ1n) is 2.16. The highest BCUT2D eigenvalue weighted by molar-refractivity contribution is 9.11. The summed E-state index contributed by atoms with van der Waals surface area (Å²) in [5.74, 6) is -0.315. The number of halogens is 3. The normalized spacial score (nSPS) is 9.67. The highest BCUT2D eigenvalue weighted by atomic mass is 79.9. The molecule has 0 aromatic carbocycles. The fourth-order valence-electron chi connectivity index (χ4n) is 0.396. The molecular weight excluding hydrogens is 253 g/mol. The lowest BCUT2D eigenvalue weighted by molar-refractivity contribution is 0.611. The fourth-order valence-corrected chi connectivity index (χ4v) is 1.33. The maximum absolute atomic E-state index is 12.6. The lowest BCUT2D eigenvalue weighted by Crippen LogP contribution is -1.80. The summed E-state index contributed by atoms with van der Waals surface area (Å²) in [4.78, 5) is 3.71. The van der Waals surface area contributed by atoms with Crippen LogP contribution in [0.15, 0.2) is 21.3 Å². The molecule has 9 heavy (non-hydrogen) atoms. The van der Waals surface area contributed by atoms with Crippen molar-refractivity contribution in [3.8, 4) is 0 Å². The molecule has 0 saturated heterocycles. The summed E-state index contributed by atoms with van der Waals surface area (Å²) in [6.45, 7) is 0. The van der Waals surface area contributed by atoms with Gasteiger partial charge in [-0.3, -0.25) is 4.98 Å². The number of hydrogen-bond acceptors (Lipinski definition) is 1. The standard InChI is InChI=1S/C5H2Br2FN/c6-3-1-9-2-4(7)5(3)8/h1-2H.